The molecule has 3 heterocycles. The molecule has 26 heavy (non-hydrogen) atoms. The number of likely N-dealkylation sites (tertiary alicyclic amines) is 1. The molecule has 0 spiro atoms. The fourth-order valence-corrected chi connectivity index (χ4v) is 4.54. The topological polar surface area (TPSA) is 52.6 Å². The van der Waals surface area contributed by atoms with Gasteiger partial charge in [-0.2, -0.15) is 0 Å². The van der Waals surface area contributed by atoms with Gasteiger partial charge in [0.25, 0.3) is 5.91 Å². The first kappa shape index (κ1) is 17.7. The number of nitrogens with zero attached hydrogens (tertiary/aromatic N) is 5. The molecule has 2 aliphatic rings. The molecule has 0 N–H and O–H groups in total. The van der Waals surface area contributed by atoms with Crippen LogP contribution >= 0.6 is 23.1 Å². The average molecular weight is 392 g/mol. The number of benzene rings is 1. The number of piperazine rings is 1. The van der Waals surface area contributed by atoms with Crippen LogP contribution < -0.4 is 4.90 Å². The van der Waals surface area contributed by atoms with Gasteiger partial charge in [-0.3, -0.25) is 9.69 Å². The lowest BCUT2D eigenvalue weighted by Gasteiger charge is -2.43. The highest BCUT2D eigenvalue weighted by Crippen LogP contribution is 2.24. The molecule has 0 atom stereocenters. The Morgan fingerprint density at radius 3 is 2.54 bits per heavy atom. The number of carbonyl (C=O) groups excluding carboxylic acids is 1. The molecule has 138 valence electrons. The summed E-state index contributed by atoms with van der Waals surface area (Å²) in [5.41, 5.74) is 1.20. The van der Waals surface area contributed by atoms with Crippen molar-refractivity contribution in [3.63, 3.8) is 0 Å². The first-order valence-corrected chi connectivity index (χ1v) is 10.2. The summed E-state index contributed by atoms with van der Waals surface area (Å²) in [6.45, 7) is 5.79. The summed E-state index contributed by atoms with van der Waals surface area (Å²) in [5.74, 6) is 0.0734. The van der Waals surface area contributed by atoms with Crippen LogP contribution in [0, 0.1) is 0 Å². The summed E-state index contributed by atoms with van der Waals surface area (Å²) < 4.78 is 3.79. The molecule has 0 radical (unpaired) electrons. The normalized spacial score (nSPS) is 19.7. The van der Waals surface area contributed by atoms with Crippen LogP contribution in [0.15, 0.2) is 30.5 Å². The number of rotatable bonds is 3. The summed E-state index contributed by atoms with van der Waals surface area (Å²) in [4.78, 5) is 20.0. The van der Waals surface area contributed by atoms with Gasteiger partial charge in [0.05, 0.1) is 6.20 Å². The molecule has 0 unspecified atom stereocenters. The van der Waals surface area contributed by atoms with Crippen molar-refractivity contribution in [1.29, 1.82) is 0 Å². The molecule has 8 heteroatoms. The summed E-state index contributed by atoms with van der Waals surface area (Å²) in [6, 6.07) is 8.66. The van der Waals surface area contributed by atoms with E-state index in [0.717, 1.165) is 57.1 Å². The number of hydrogen-bond donors (Lipinski definition) is 0. The van der Waals surface area contributed by atoms with Gasteiger partial charge in [0, 0.05) is 56.0 Å². The van der Waals surface area contributed by atoms with Crippen molar-refractivity contribution >= 4 is 34.7 Å². The van der Waals surface area contributed by atoms with E-state index in [4.69, 9.17) is 11.6 Å². The molecule has 0 saturated carbocycles. The molecule has 1 aromatic heterocycles. The number of amides is 1. The largest absolute Gasteiger partial charge is 0.369 e. The highest BCUT2D eigenvalue weighted by Gasteiger charge is 2.30. The zero-order chi connectivity index (χ0) is 17.9. The SMILES string of the molecule is O=C(c1cnns1)N1CCC(N2CCN(c3cccc(Cl)c3)CC2)CC1. The maximum absolute atomic E-state index is 12.4. The molecule has 2 aromatic rings. The second-order valence-electron chi connectivity index (χ2n) is 6.81. The minimum absolute atomic E-state index is 0.0734. The fraction of sp³-hybridized carbons (Fsp3) is 0.500. The standard InChI is InChI=1S/C18H22ClN5OS/c19-14-2-1-3-16(12-14)23-10-8-22(9-11-23)15-4-6-24(7-5-15)18(25)17-13-20-21-26-17/h1-3,12-13,15H,4-11H2. The van der Waals surface area contributed by atoms with Crippen LogP contribution in [0.3, 0.4) is 0 Å². The smallest absolute Gasteiger partial charge is 0.267 e. The zero-order valence-corrected chi connectivity index (χ0v) is 16.1. The number of carbonyl (C=O) groups is 1. The molecule has 0 aliphatic carbocycles. The summed E-state index contributed by atoms with van der Waals surface area (Å²) in [6.07, 6.45) is 3.64. The predicted molar refractivity (Wildman–Crippen MR) is 104 cm³/mol. The van der Waals surface area contributed by atoms with Crippen molar-refractivity contribution in [3.8, 4) is 0 Å². The number of halogens is 1. The van der Waals surface area contributed by atoms with E-state index in [1.54, 1.807) is 6.20 Å². The monoisotopic (exact) mass is 391 g/mol. The number of hydrogen-bond acceptors (Lipinski definition) is 6. The Hall–Kier alpha value is -1.70. The van der Waals surface area contributed by atoms with Gasteiger partial charge in [-0.15, -0.1) is 5.10 Å². The van der Waals surface area contributed by atoms with E-state index in [2.05, 4.69) is 25.5 Å². The van der Waals surface area contributed by atoms with E-state index in [1.165, 1.54) is 17.2 Å². The molecule has 4 rings (SSSR count). The van der Waals surface area contributed by atoms with Crippen LogP contribution in [0.5, 0.6) is 0 Å². The molecular weight excluding hydrogens is 370 g/mol. The quantitative estimate of drug-likeness (QED) is 0.805. The molecule has 0 bridgehead atoms. The van der Waals surface area contributed by atoms with Crippen molar-refractivity contribution < 1.29 is 4.79 Å². The van der Waals surface area contributed by atoms with Crippen LogP contribution in [0.1, 0.15) is 22.5 Å². The van der Waals surface area contributed by atoms with Crippen molar-refractivity contribution in [2.75, 3.05) is 44.2 Å². The van der Waals surface area contributed by atoms with Crippen LogP contribution in [-0.2, 0) is 0 Å². The lowest BCUT2D eigenvalue weighted by molar-refractivity contribution is 0.0615. The lowest BCUT2D eigenvalue weighted by atomic mass is 10.0. The van der Waals surface area contributed by atoms with Crippen molar-refractivity contribution in [3.05, 3.63) is 40.4 Å². The summed E-state index contributed by atoms with van der Waals surface area (Å²) in [7, 11) is 0. The summed E-state index contributed by atoms with van der Waals surface area (Å²) >= 11 is 7.29. The Morgan fingerprint density at radius 1 is 1.12 bits per heavy atom. The van der Waals surface area contributed by atoms with Crippen molar-refractivity contribution in [2.24, 2.45) is 0 Å². The second-order valence-corrected chi connectivity index (χ2v) is 8.03. The Labute approximate surface area is 162 Å². The van der Waals surface area contributed by atoms with Gasteiger partial charge in [-0.25, -0.2) is 0 Å². The Bertz CT molecular complexity index is 740. The van der Waals surface area contributed by atoms with Crippen molar-refractivity contribution in [1.82, 2.24) is 19.4 Å². The fourth-order valence-electron chi connectivity index (χ4n) is 3.87. The maximum Gasteiger partial charge on any atom is 0.267 e. The van der Waals surface area contributed by atoms with E-state index in [9.17, 15) is 4.79 Å². The zero-order valence-electron chi connectivity index (χ0n) is 14.6. The Kier molecular flexibility index (Phi) is 5.38. The summed E-state index contributed by atoms with van der Waals surface area (Å²) in [5, 5.41) is 4.55. The van der Waals surface area contributed by atoms with Crippen molar-refractivity contribution in [2.45, 2.75) is 18.9 Å². The van der Waals surface area contributed by atoms with Gasteiger partial charge < -0.3 is 9.80 Å². The first-order chi connectivity index (χ1) is 12.7. The maximum atomic E-state index is 12.4. The van der Waals surface area contributed by atoms with E-state index in [1.807, 2.05) is 23.1 Å². The third kappa shape index (κ3) is 3.84. The molecule has 1 aromatic carbocycles. The van der Waals surface area contributed by atoms with E-state index < -0.39 is 0 Å². The molecule has 1 amide bonds. The molecule has 2 aliphatic heterocycles. The van der Waals surface area contributed by atoms with Gasteiger partial charge in [0.15, 0.2) is 0 Å². The van der Waals surface area contributed by atoms with Crippen LogP contribution in [-0.4, -0.2) is 70.6 Å². The highest BCUT2D eigenvalue weighted by molar-refractivity contribution is 7.07. The Balaban J connectivity index is 1.28. The molecule has 2 saturated heterocycles. The van der Waals surface area contributed by atoms with E-state index >= 15 is 0 Å². The second kappa shape index (κ2) is 7.90. The van der Waals surface area contributed by atoms with Gasteiger partial charge in [0.1, 0.15) is 4.88 Å². The number of piperidine rings is 1. The lowest BCUT2D eigenvalue weighted by Crippen LogP contribution is -2.53. The van der Waals surface area contributed by atoms with E-state index in [0.29, 0.717) is 10.9 Å². The van der Waals surface area contributed by atoms with Gasteiger partial charge in [-0.1, -0.05) is 22.2 Å². The molecular formula is C18H22ClN5OS. The van der Waals surface area contributed by atoms with Gasteiger partial charge in [0.2, 0.25) is 0 Å². The minimum atomic E-state index is 0.0734. The minimum Gasteiger partial charge on any atom is -0.369 e. The highest BCUT2D eigenvalue weighted by atomic mass is 35.5. The predicted octanol–water partition coefficient (Wildman–Crippen LogP) is 2.62. The van der Waals surface area contributed by atoms with Gasteiger partial charge >= 0.3 is 0 Å². The number of anilines is 1. The third-order valence-electron chi connectivity index (χ3n) is 5.33. The van der Waals surface area contributed by atoms with Crippen LogP contribution in [0.2, 0.25) is 5.02 Å². The first-order valence-electron chi connectivity index (χ1n) is 9.02. The molecule has 2 fully saturated rings. The van der Waals surface area contributed by atoms with Crippen LogP contribution in [0.25, 0.3) is 0 Å². The number of aromatic nitrogens is 2. The third-order valence-corrected chi connectivity index (χ3v) is 6.22. The Morgan fingerprint density at radius 2 is 1.88 bits per heavy atom. The van der Waals surface area contributed by atoms with E-state index in [-0.39, 0.29) is 5.91 Å². The average Bonchev–Trinajstić information content (AvgIpc) is 3.23. The molecule has 6 nitrogen and oxygen atoms in total. The van der Waals surface area contributed by atoms with Crippen LogP contribution in [0.4, 0.5) is 5.69 Å². The van der Waals surface area contributed by atoms with Gasteiger partial charge in [-0.05, 0) is 42.6 Å².